The lowest BCUT2D eigenvalue weighted by Crippen LogP contribution is -2.18. The fourth-order valence-electron chi connectivity index (χ4n) is 2.13. The lowest BCUT2D eigenvalue weighted by atomic mass is 10.1. The van der Waals surface area contributed by atoms with Crippen molar-refractivity contribution in [3.63, 3.8) is 0 Å². The summed E-state index contributed by atoms with van der Waals surface area (Å²) in [6, 6.07) is 9.03. The number of aryl methyl sites for hydroxylation is 1. The lowest BCUT2D eigenvalue weighted by Gasteiger charge is -2.09. The van der Waals surface area contributed by atoms with E-state index in [1.54, 1.807) is 18.3 Å². The Morgan fingerprint density at radius 3 is 2.76 bits per heavy atom. The van der Waals surface area contributed by atoms with E-state index in [-0.39, 0.29) is 12.4 Å². The van der Waals surface area contributed by atoms with Gasteiger partial charge in [-0.2, -0.15) is 5.10 Å². The van der Waals surface area contributed by atoms with Gasteiger partial charge in [0.25, 0.3) is 0 Å². The maximum atomic E-state index is 11.1. The van der Waals surface area contributed by atoms with Gasteiger partial charge in [0.1, 0.15) is 0 Å². The van der Waals surface area contributed by atoms with Gasteiger partial charge in [-0.1, -0.05) is 25.1 Å². The number of aromatic nitrogens is 2. The van der Waals surface area contributed by atoms with E-state index < -0.39 is 5.97 Å². The molecule has 2 N–H and O–H groups in total. The molecular formula is C15H20ClN3O2. The molecule has 2 rings (SSSR count). The van der Waals surface area contributed by atoms with E-state index in [2.05, 4.69) is 17.3 Å². The zero-order valence-corrected chi connectivity index (χ0v) is 12.8. The number of hydrogen-bond acceptors (Lipinski definition) is 3. The Balaban J connectivity index is 0.00000220. The Bertz CT molecular complexity index is 584. The summed E-state index contributed by atoms with van der Waals surface area (Å²) in [7, 11) is 0. The predicted octanol–water partition coefficient (Wildman–Crippen LogP) is 2.70. The van der Waals surface area contributed by atoms with Crippen molar-refractivity contribution in [3.8, 4) is 0 Å². The molecule has 1 aromatic carbocycles. The SMILES string of the molecule is CCCn1nccc1CNCc1ccccc1C(=O)O.Cl. The van der Waals surface area contributed by atoms with E-state index in [4.69, 9.17) is 5.11 Å². The van der Waals surface area contributed by atoms with Gasteiger partial charge in [-0.05, 0) is 24.1 Å². The largest absolute Gasteiger partial charge is 0.478 e. The number of carboxylic acids is 1. The van der Waals surface area contributed by atoms with Gasteiger partial charge in [0, 0.05) is 25.8 Å². The number of aromatic carboxylic acids is 1. The van der Waals surface area contributed by atoms with Gasteiger partial charge in [-0.3, -0.25) is 4.68 Å². The molecule has 0 aliphatic heterocycles. The summed E-state index contributed by atoms with van der Waals surface area (Å²) in [5.74, 6) is -0.890. The van der Waals surface area contributed by atoms with E-state index in [0.717, 1.165) is 24.2 Å². The van der Waals surface area contributed by atoms with Crippen LogP contribution < -0.4 is 5.32 Å². The molecule has 1 aromatic heterocycles. The molecular weight excluding hydrogens is 290 g/mol. The van der Waals surface area contributed by atoms with Crippen LogP contribution in [0.15, 0.2) is 36.5 Å². The fraction of sp³-hybridized carbons (Fsp3) is 0.333. The number of nitrogens with zero attached hydrogens (tertiary/aromatic N) is 2. The van der Waals surface area contributed by atoms with E-state index in [1.807, 2.05) is 22.9 Å². The number of carboxylic acid groups (broad SMARTS) is 1. The molecule has 2 aromatic rings. The third kappa shape index (κ3) is 4.58. The van der Waals surface area contributed by atoms with Gasteiger partial charge >= 0.3 is 5.97 Å². The van der Waals surface area contributed by atoms with Crippen molar-refractivity contribution in [3.05, 3.63) is 53.3 Å². The summed E-state index contributed by atoms with van der Waals surface area (Å²) in [6.07, 6.45) is 2.83. The minimum absolute atomic E-state index is 0. The molecule has 0 aliphatic carbocycles. The molecule has 1 heterocycles. The first-order chi connectivity index (χ1) is 9.72. The lowest BCUT2D eigenvalue weighted by molar-refractivity contribution is 0.0695. The molecule has 0 aliphatic rings. The molecule has 0 spiro atoms. The fourth-order valence-corrected chi connectivity index (χ4v) is 2.13. The highest BCUT2D eigenvalue weighted by molar-refractivity contribution is 5.89. The third-order valence-corrected chi connectivity index (χ3v) is 3.11. The van der Waals surface area contributed by atoms with Crippen LogP contribution in [0.3, 0.4) is 0 Å². The van der Waals surface area contributed by atoms with Crippen LogP contribution in [0.25, 0.3) is 0 Å². The summed E-state index contributed by atoms with van der Waals surface area (Å²) in [5.41, 5.74) is 2.25. The second kappa shape index (κ2) is 8.44. The minimum Gasteiger partial charge on any atom is -0.478 e. The van der Waals surface area contributed by atoms with Crippen LogP contribution in [-0.2, 0) is 19.6 Å². The van der Waals surface area contributed by atoms with E-state index in [9.17, 15) is 4.79 Å². The van der Waals surface area contributed by atoms with Crippen LogP contribution in [0.5, 0.6) is 0 Å². The van der Waals surface area contributed by atoms with Gasteiger partial charge in [0.2, 0.25) is 0 Å². The summed E-state index contributed by atoms with van der Waals surface area (Å²) in [5, 5.41) is 16.7. The van der Waals surface area contributed by atoms with Gasteiger partial charge < -0.3 is 10.4 Å². The molecule has 21 heavy (non-hydrogen) atoms. The summed E-state index contributed by atoms with van der Waals surface area (Å²) >= 11 is 0. The number of nitrogens with one attached hydrogen (secondary N) is 1. The summed E-state index contributed by atoms with van der Waals surface area (Å²) in [6.45, 7) is 4.21. The molecule has 0 saturated heterocycles. The maximum Gasteiger partial charge on any atom is 0.336 e. The third-order valence-electron chi connectivity index (χ3n) is 3.11. The molecule has 0 unspecified atom stereocenters. The zero-order valence-electron chi connectivity index (χ0n) is 12.0. The van der Waals surface area contributed by atoms with Crippen molar-refractivity contribution < 1.29 is 9.90 Å². The van der Waals surface area contributed by atoms with E-state index >= 15 is 0 Å². The first kappa shape index (κ1) is 17.2. The molecule has 114 valence electrons. The summed E-state index contributed by atoms with van der Waals surface area (Å²) in [4.78, 5) is 11.1. The number of benzene rings is 1. The van der Waals surface area contributed by atoms with Crippen LogP contribution in [0.4, 0.5) is 0 Å². The Labute approximate surface area is 130 Å². The van der Waals surface area contributed by atoms with E-state index in [0.29, 0.717) is 18.7 Å². The maximum absolute atomic E-state index is 11.1. The molecule has 0 saturated carbocycles. The number of carbonyl (C=O) groups is 1. The van der Waals surface area contributed by atoms with E-state index in [1.165, 1.54) is 0 Å². The smallest absolute Gasteiger partial charge is 0.336 e. The van der Waals surface area contributed by atoms with Crippen molar-refractivity contribution >= 4 is 18.4 Å². The average Bonchev–Trinajstić information content (AvgIpc) is 2.87. The highest BCUT2D eigenvalue weighted by atomic mass is 35.5. The van der Waals surface area contributed by atoms with Crippen molar-refractivity contribution in [2.45, 2.75) is 33.0 Å². The van der Waals surface area contributed by atoms with Crippen LogP contribution in [-0.4, -0.2) is 20.9 Å². The monoisotopic (exact) mass is 309 g/mol. The van der Waals surface area contributed by atoms with Gasteiger partial charge in [0.05, 0.1) is 11.3 Å². The second-order valence-electron chi connectivity index (χ2n) is 4.61. The molecule has 0 bridgehead atoms. The first-order valence-electron chi connectivity index (χ1n) is 6.75. The zero-order chi connectivity index (χ0) is 14.4. The molecule has 6 heteroatoms. The average molecular weight is 310 g/mol. The Morgan fingerprint density at radius 1 is 1.29 bits per heavy atom. The number of hydrogen-bond donors (Lipinski definition) is 2. The normalized spacial score (nSPS) is 10.1. The summed E-state index contributed by atoms with van der Waals surface area (Å²) < 4.78 is 1.97. The van der Waals surface area contributed by atoms with Gasteiger partial charge in [-0.15, -0.1) is 12.4 Å². The highest BCUT2D eigenvalue weighted by Gasteiger charge is 2.08. The standard InChI is InChI=1S/C15H19N3O2.ClH/c1-2-9-18-13(7-8-17-18)11-16-10-12-5-3-4-6-14(12)15(19)20;/h3-8,16H,2,9-11H2,1H3,(H,19,20);1H. The van der Waals surface area contributed by atoms with Crippen molar-refractivity contribution in [1.82, 2.24) is 15.1 Å². The van der Waals surface area contributed by atoms with Gasteiger partial charge in [-0.25, -0.2) is 4.79 Å². The van der Waals surface area contributed by atoms with Crippen molar-refractivity contribution in [1.29, 1.82) is 0 Å². The quantitative estimate of drug-likeness (QED) is 0.825. The van der Waals surface area contributed by atoms with Crippen LogP contribution in [0.2, 0.25) is 0 Å². The van der Waals surface area contributed by atoms with Gasteiger partial charge in [0.15, 0.2) is 0 Å². The molecule has 0 fully saturated rings. The number of halogens is 1. The van der Waals surface area contributed by atoms with Crippen molar-refractivity contribution in [2.24, 2.45) is 0 Å². The minimum atomic E-state index is -0.890. The Morgan fingerprint density at radius 2 is 2.05 bits per heavy atom. The highest BCUT2D eigenvalue weighted by Crippen LogP contribution is 2.09. The first-order valence-corrected chi connectivity index (χ1v) is 6.75. The molecule has 5 nitrogen and oxygen atoms in total. The van der Waals surface area contributed by atoms with Crippen LogP contribution in [0.1, 0.15) is 35.0 Å². The topological polar surface area (TPSA) is 67.2 Å². The Kier molecular flexibility index (Phi) is 6.91. The van der Waals surface area contributed by atoms with Crippen molar-refractivity contribution in [2.75, 3.05) is 0 Å². The second-order valence-corrected chi connectivity index (χ2v) is 4.61. The molecule has 0 atom stereocenters. The Hall–Kier alpha value is -1.85. The van der Waals surface area contributed by atoms with Crippen LogP contribution in [0, 0.1) is 0 Å². The predicted molar refractivity (Wildman–Crippen MR) is 83.7 cm³/mol. The molecule has 0 radical (unpaired) electrons. The molecule has 0 amide bonds. The van der Waals surface area contributed by atoms with Crippen LogP contribution >= 0.6 is 12.4 Å². The number of rotatable bonds is 7.